The summed E-state index contributed by atoms with van der Waals surface area (Å²) in [6.45, 7) is 0. The van der Waals surface area contributed by atoms with Gasteiger partial charge in [0.05, 0.1) is 23.9 Å². The Morgan fingerprint density at radius 2 is 0.600 bits per heavy atom. The molecule has 0 N–H and O–H groups in total. The Balaban J connectivity index is -0.0000000370. The molecule has 0 saturated heterocycles. The summed E-state index contributed by atoms with van der Waals surface area (Å²) in [6.07, 6.45) is 0. The SMILES string of the molecule is O=C([O-])C(=O)[O-].O=C([O-])C(=O)[O-].[K+].[K+].[Ni+2]. The molecule has 0 bridgehead atoms. The minimum absolute atomic E-state index is 0. The van der Waals surface area contributed by atoms with E-state index in [1.54, 1.807) is 0 Å². The van der Waals surface area contributed by atoms with Crippen LogP contribution in [0.3, 0.4) is 0 Å². The average molecular weight is 313 g/mol. The van der Waals surface area contributed by atoms with Crippen molar-refractivity contribution in [2.75, 3.05) is 0 Å². The van der Waals surface area contributed by atoms with E-state index in [4.69, 9.17) is 39.6 Å². The Hall–Kier alpha value is 1.65. The third-order valence-corrected chi connectivity index (χ3v) is 0.333. The number of hydrogen-bond acceptors (Lipinski definition) is 8. The van der Waals surface area contributed by atoms with Gasteiger partial charge in [0.2, 0.25) is 0 Å². The first-order valence-corrected chi connectivity index (χ1v) is 2.13. The van der Waals surface area contributed by atoms with Gasteiger partial charge in [-0.1, -0.05) is 0 Å². The van der Waals surface area contributed by atoms with Crippen LogP contribution < -0.4 is 123 Å². The summed E-state index contributed by atoms with van der Waals surface area (Å²) >= 11 is 0. The Bertz CT molecular complexity index is 181. The van der Waals surface area contributed by atoms with E-state index in [2.05, 4.69) is 0 Å². The molecular formula is C4K2NiO8. The molecule has 8 nitrogen and oxygen atoms in total. The first kappa shape index (κ1) is 30.0. The van der Waals surface area contributed by atoms with E-state index in [1.165, 1.54) is 0 Å². The molecule has 0 aromatic carbocycles. The van der Waals surface area contributed by atoms with Crippen LogP contribution in [-0.2, 0) is 35.7 Å². The van der Waals surface area contributed by atoms with Gasteiger partial charge in [-0.3, -0.25) is 0 Å². The van der Waals surface area contributed by atoms with Gasteiger partial charge in [0, 0.05) is 0 Å². The fraction of sp³-hybridized carbons (Fsp3) is 0. The van der Waals surface area contributed by atoms with E-state index in [0.29, 0.717) is 0 Å². The Labute approximate surface area is 179 Å². The molecule has 0 radical (unpaired) electrons. The van der Waals surface area contributed by atoms with Crippen molar-refractivity contribution in [3.63, 3.8) is 0 Å². The summed E-state index contributed by atoms with van der Waals surface area (Å²) in [5.74, 6) is -8.74. The first-order chi connectivity index (χ1) is 5.29. The predicted octanol–water partition coefficient (Wildman–Crippen LogP) is -13.0. The molecule has 0 atom stereocenters. The maximum Gasteiger partial charge on any atom is 2.00 e. The van der Waals surface area contributed by atoms with Crippen LogP contribution in [0.5, 0.6) is 0 Å². The number of carbonyl (C=O) groups is 4. The average Bonchev–Trinajstić information content (AvgIpc) is 1.88. The Morgan fingerprint density at radius 1 is 0.533 bits per heavy atom. The number of aliphatic carboxylic acids is 4. The van der Waals surface area contributed by atoms with E-state index in [-0.39, 0.29) is 119 Å². The fourth-order valence-electron chi connectivity index (χ4n) is 0. The molecule has 0 fully saturated rings. The van der Waals surface area contributed by atoms with E-state index in [9.17, 15) is 0 Å². The van der Waals surface area contributed by atoms with Crippen molar-refractivity contribution >= 4 is 23.9 Å². The number of carboxylic acids is 4. The van der Waals surface area contributed by atoms with Gasteiger partial charge in [-0.25, -0.2) is 0 Å². The molecule has 0 rings (SSSR count). The normalized spacial score (nSPS) is 5.87. The van der Waals surface area contributed by atoms with Crippen molar-refractivity contribution in [3.05, 3.63) is 0 Å². The Morgan fingerprint density at radius 3 is 0.600 bits per heavy atom. The summed E-state index contributed by atoms with van der Waals surface area (Å²) in [5, 5.41) is 35.7. The van der Waals surface area contributed by atoms with Crippen molar-refractivity contribution in [2.24, 2.45) is 0 Å². The maximum atomic E-state index is 8.93. The molecule has 0 amide bonds. The predicted molar refractivity (Wildman–Crippen MR) is 20.0 cm³/mol. The third kappa shape index (κ3) is 31.3. The molecule has 0 aromatic rings. The van der Waals surface area contributed by atoms with Crippen LogP contribution in [0.2, 0.25) is 0 Å². The van der Waals surface area contributed by atoms with Crippen LogP contribution in [0.4, 0.5) is 0 Å². The van der Waals surface area contributed by atoms with Crippen LogP contribution in [0.1, 0.15) is 0 Å². The van der Waals surface area contributed by atoms with Gasteiger partial charge in [0.25, 0.3) is 0 Å². The summed E-state index contributed by atoms with van der Waals surface area (Å²) < 4.78 is 0. The molecule has 0 unspecified atom stereocenters. The zero-order valence-corrected chi connectivity index (χ0v) is 14.8. The summed E-state index contributed by atoms with van der Waals surface area (Å²) in [7, 11) is 0. The van der Waals surface area contributed by atoms with Crippen LogP contribution in [0.15, 0.2) is 0 Å². The number of hydrogen-bond donors (Lipinski definition) is 0. The zero-order valence-electron chi connectivity index (χ0n) is 7.58. The van der Waals surface area contributed by atoms with E-state index < -0.39 is 23.9 Å². The smallest absolute Gasteiger partial charge is 0.543 e. The number of rotatable bonds is 0. The number of carbonyl (C=O) groups excluding carboxylic acids is 4. The largest absolute Gasteiger partial charge is 2.00 e. The molecule has 0 aliphatic rings. The van der Waals surface area contributed by atoms with Gasteiger partial charge in [-0.05, 0) is 0 Å². The molecule has 0 spiro atoms. The molecule has 0 aliphatic heterocycles. The van der Waals surface area contributed by atoms with Gasteiger partial charge < -0.3 is 39.6 Å². The van der Waals surface area contributed by atoms with Gasteiger partial charge >= 0.3 is 119 Å². The van der Waals surface area contributed by atoms with Crippen LogP contribution in [-0.4, -0.2) is 23.9 Å². The summed E-state index contributed by atoms with van der Waals surface area (Å²) in [4.78, 5) is 35.7. The van der Waals surface area contributed by atoms with Gasteiger partial charge in [0.1, 0.15) is 0 Å². The zero-order chi connectivity index (χ0) is 10.3. The summed E-state index contributed by atoms with van der Waals surface area (Å²) in [6, 6.07) is 0. The molecular weight excluding hydrogens is 313 g/mol. The topological polar surface area (TPSA) is 161 Å². The fourth-order valence-corrected chi connectivity index (χ4v) is 0. The van der Waals surface area contributed by atoms with Crippen molar-refractivity contribution in [1.29, 1.82) is 0 Å². The second-order valence-corrected chi connectivity index (χ2v) is 1.15. The van der Waals surface area contributed by atoms with Gasteiger partial charge in [0.15, 0.2) is 0 Å². The summed E-state index contributed by atoms with van der Waals surface area (Å²) in [5.41, 5.74) is 0. The Kier molecular flexibility index (Phi) is 36.1. The minimum atomic E-state index is -2.19. The van der Waals surface area contributed by atoms with Crippen molar-refractivity contribution in [2.45, 2.75) is 0 Å². The molecule has 15 heavy (non-hydrogen) atoms. The van der Waals surface area contributed by atoms with Crippen LogP contribution in [0, 0.1) is 0 Å². The van der Waals surface area contributed by atoms with Crippen LogP contribution in [0.25, 0.3) is 0 Å². The van der Waals surface area contributed by atoms with Gasteiger partial charge in [-0.2, -0.15) is 0 Å². The van der Waals surface area contributed by atoms with Crippen LogP contribution >= 0.6 is 0 Å². The van der Waals surface area contributed by atoms with Crippen molar-refractivity contribution in [1.82, 2.24) is 0 Å². The van der Waals surface area contributed by atoms with Gasteiger partial charge in [-0.15, -0.1) is 0 Å². The molecule has 0 heterocycles. The van der Waals surface area contributed by atoms with E-state index in [1.807, 2.05) is 0 Å². The maximum absolute atomic E-state index is 8.93. The third-order valence-electron chi connectivity index (χ3n) is 0.333. The molecule has 0 saturated carbocycles. The van der Waals surface area contributed by atoms with Crippen molar-refractivity contribution < 1.29 is 159 Å². The quantitative estimate of drug-likeness (QED) is 0.314. The molecule has 0 aromatic heterocycles. The van der Waals surface area contributed by atoms with Crippen molar-refractivity contribution in [3.8, 4) is 0 Å². The van der Waals surface area contributed by atoms with E-state index in [0.717, 1.165) is 0 Å². The standard InChI is InChI=1S/2C2H2O4.2K.Ni/c2*3-1(4)2(5)6;;;/h2*(H,3,4)(H,5,6);;;/q;;2*+1;+2/p-4. The second-order valence-electron chi connectivity index (χ2n) is 1.15. The first-order valence-electron chi connectivity index (χ1n) is 2.13. The minimum Gasteiger partial charge on any atom is -0.543 e. The second kappa shape index (κ2) is 18.0. The molecule has 0 aliphatic carbocycles. The number of carboxylic acid groups (broad SMARTS) is 4. The molecule has 11 heteroatoms. The van der Waals surface area contributed by atoms with E-state index >= 15 is 0 Å². The monoisotopic (exact) mass is 312 g/mol. The molecule has 76 valence electrons.